The molecule has 1 aliphatic heterocycles. The Balaban J connectivity index is 1.74. The number of anilines is 1. The van der Waals surface area contributed by atoms with Crippen LogP contribution in [0.25, 0.3) is 0 Å². The molecule has 0 saturated carbocycles. The summed E-state index contributed by atoms with van der Waals surface area (Å²) in [6, 6.07) is 1.54. The lowest BCUT2D eigenvalue weighted by atomic mass is 10.2. The summed E-state index contributed by atoms with van der Waals surface area (Å²) in [6.45, 7) is 2.08. The second-order valence-corrected chi connectivity index (χ2v) is 5.71. The highest BCUT2D eigenvalue weighted by molar-refractivity contribution is 8.00. The largest absolute Gasteiger partial charge is 0.317 e. The van der Waals surface area contributed by atoms with Crippen LogP contribution in [0, 0.1) is 0 Å². The van der Waals surface area contributed by atoms with Gasteiger partial charge in [-0.25, -0.2) is 9.97 Å². The predicted molar refractivity (Wildman–Crippen MR) is 74.0 cm³/mol. The van der Waals surface area contributed by atoms with E-state index in [2.05, 4.69) is 20.6 Å². The Morgan fingerprint density at radius 2 is 2.28 bits per heavy atom. The van der Waals surface area contributed by atoms with Crippen molar-refractivity contribution in [1.82, 2.24) is 15.3 Å². The Labute approximate surface area is 115 Å². The van der Waals surface area contributed by atoms with Crippen LogP contribution in [0.1, 0.15) is 12.8 Å². The van der Waals surface area contributed by atoms with Crippen LogP contribution in [-0.4, -0.2) is 40.0 Å². The van der Waals surface area contributed by atoms with Gasteiger partial charge in [0.1, 0.15) is 17.3 Å². The molecule has 1 amide bonds. The first-order chi connectivity index (χ1) is 8.74. The van der Waals surface area contributed by atoms with Crippen molar-refractivity contribution in [2.24, 2.45) is 0 Å². The molecule has 1 aromatic rings. The highest BCUT2D eigenvalue weighted by Gasteiger charge is 2.15. The van der Waals surface area contributed by atoms with E-state index in [-0.39, 0.29) is 5.91 Å². The second-order valence-electron chi connectivity index (χ2n) is 4.03. The van der Waals surface area contributed by atoms with Crippen molar-refractivity contribution >= 4 is 35.1 Å². The third-order valence-corrected chi connectivity index (χ3v) is 4.22. The molecule has 1 aliphatic rings. The molecule has 2 rings (SSSR count). The molecule has 7 heteroatoms. The Kier molecular flexibility index (Phi) is 5.22. The van der Waals surface area contributed by atoms with Crippen molar-refractivity contribution in [3.8, 4) is 0 Å². The van der Waals surface area contributed by atoms with Crippen LogP contribution in [0.15, 0.2) is 12.4 Å². The van der Waals surface area contributed by atoms with E-state index in [4.69, 9.17) is 11.6 Å². The number of carbonyl (C=O) groups excluding carboxylic acids is 1. The molecule has 0 radical (unpaired) electrons. The van der Waals surface area contributed by atoms with Gasteiger partial charge in [0.2, 0.25) is 5.91 Å². The molecule has 0 aliphatic carbocycles. The third kappa shape index (κ3) is 4.44. The summed E-state index contributed by atoms with van der Waals surface area (Å²) in [4.78, 5) is 19.4. The van der Waals surface area contributed by atoms with Crippen LogP contribution in [0.5, 0.6) is 0 Å². The molecule has 0 aromatic carbocycles. The summed E-state index contributed by atoms with van der Waals surface area (Å²) in [5, 5.41) is 6.91. The molecule has 0 unspecified atom stereocenters. The van der Waals surface area contributed by atoms with Crippen molar-refractivity contribution in [2.45, 2.75) is 18.1 Å². The standard InChI is InChI=1S/C11H15ClN4OS/c12-9-5-10(15-7-14-9)16-11(17)6-18-8-1-3-13-4-2-8/h5,7-8,13H,1-4,6H2,(H,14,15,16,17). The highest BCUT2D eigenvalue weighted by atomic mass is 35.5. The minimum atomic E-state index is -0.0479. The summed E-state index contributed by atoms with van der Waals surface area (Å²) in [6.07, 6.45) is 3.58. The number of hydrogen-bond acceptors (Lipinski definition) is 5. The van der Waals surface area contributed by atoms with Crippen LogP contribution in [-0.2, 0) is 4.79 Å². The van der Waals surface area contributed by atoms with Crippen molar-refractivity contribution in [1.29, 1.82) is 0 Å². The number of halogens is 1. The lowest BCUT2D eigenvalue weighted by Gasteiger charge is -2.21. The number of rotatable bonds is 4. The Bertz CT molecular complexity index is 412. The lowest BCUT2D eigenvalue weighted by molar-refractivity contribution is -0.113. The van der Waals surface area contributed by atoms with Gasteiger partial charge in [-0.2, -0.15) is 0 Å². The molecule has 18 heavy (non-hydrogen) atoms. The van der Waals surface area contributed by atoms with Crippen LogP contribution in [0.2, 0.25) is 5.15 Å². The first-order valence-electron chi connectivity index (χ1n) is 5.84. The number of amides is 1. The number of thioether (sulfide) groups is 1. The van der Waals surface area contributed by atoms with Gasteiger partial charge in [0.05, 0.1) is 5.75 Å². The van der Waals surface area contributed by atoms with Crippen LogP contribution < -0.4 is 10.6 Å². The SMILES string of the molecule is O=C(CSC1CCNCC1)Nc1cc(Cl)ncn1. The quantitative estimate of drug-likeness (QED) is 0.822. The fourth-order valence-electron chi connectivity index (χ4n) is 1.74. The van der Waals surface area contributed by atoms with Gasteiger partial charge in [-0.1, -0.05) is 11.6 Å². The summed E-state index contributed by atoms with van der Waals surface area (Å²) >= 11 is 7.41. The van der Waals surface area contributed by atoms with Gasteiger partial charge in [-0.15, -0.1) is 11.8 Å². The van der Waals surface area contributed by atoms with E-state index in [9.17, 15) is 4.79 Å². The Hall–Kier alpha value is -0.850. The molecular formula is C11H15ClN4OS. The van der Waals surface area contributed by atoms with E-state index in [1.54, 1.807) is 11.8 Å². The average molecular weight is 287 g/mol. The minimum absolute atomic E-state index is 0.0479. The lowest BCUT2D eigenvalue weighted by Crippen LogP contribution is -2.30. The molecular weight excluding hydrogens is 272 g/mol. The molecule has 0 atom stereocenters. The molecule has 5 nitrogen and oxygen atoms in total. The maximum Gasteiger partial charge on any atom is 0.235 e. The number of aromatic nitrogens is 2. The monoisotopic (exact) mass is 286 g/mol. The predicted octanol–water partition coefficient (Wildman–Crippen LogP) is 1.55. The van der Waals surface area contributed by atoms with E-state index in [0.717, 1.165) is 25.9 Å². The molecule has 2 N–H and O–H groups in total. The normalized spacial score (nSPS) is 16.5. The fraction of sp³-hybridized carbons (Fsp3) is 0.545. The molecule has 0 spiro atoms. The van der Waals surface area contributed by atoms with E-state index in [0.29, 0.717) is 22.0 Å². The van der Waals surface area contributed by atoms with Gasteiger partial charge in [0.15, 0.2) is 0 Å². The van der Waals surface area contributed by atoms with Gasteiger partial charge in [0, 0.05) is 11.3 Å². The molecule has 2 heterocycles. The van der Waals surface area contributed by atoms with Crippen molar-refractivity contribution in [2.75, 3.05) is 24.2 Å². The second kappa shape index (κ2) is 6.92. The Morgan fingerprint density at radius 3 is 3.00 bits per heavy atom. The smallest absolute Gasteiger partial charge is 0.235 e. The van der Waals surface area contributed by atoms with Crippen molar-refractivity contribution < 1.29 is 4.79 Å². The summed E-state index contributed by atoms with van der Waals surface area (Å²) in [5.41, 5.74) is 0. The van der Waals surface area contributed by atoms with Crippen LogP contribution in [0.4, 0.5) is 5.82 Å². The third-order valence-electron chi connectivity index (χ3n) is 2.64. The summed E-state index contributed by atoms with van der Waals surface area (Å²) in [7, 11) is 0. The van der Waals surface area contributed by atoms with Crippen molar-refractivity contribution in [3.63, 3.8) is 0 Å². The minimum Gasteiger partial charge on any atom is -0.317 e. The van der Waals surface area contributed by atoms with Gasteiger partial charge in [-0.05, 0) is 25.9 Å². The van der Waals surface area contributed by atoms with E-state index >= 15 is 0 Å². The van der Waals surface area contributed by atoms with Gasteiger partial charge >= 0.3 is 0 Å². The zero-order valence-electron chi connectivity index (χ0n) is 9.86. The maximum absolute atomic E-state index is 11.7. The number of nitrogens with zero attached hydrogens (tertiary/aromatic N) is 2. The highest BCUT2D eigenvalue weighted by Crippen LogP contribution is 2.20. The van der Waals surface area contributed by atoms with E-state index in [1.165, 1.54) is 12.4 Å². The van der Waals surface area contributed by atoms with Crippen LogP contribution >= 0.6 is 23.4 Å². The Morgan fingerprint density at radius 1 is 1.50 bits per heavy atom. The zero-order valence-corrected chi connectivity index (χ0v) is 11.4. The number of nitrogens with one attached hydrogen (secondary N) is 2. The molecule has 0 bridgehead atoms. The first-order valence-corrected chi connectivity index (χ1v) is 7.26. The average Bonchev–Trinajstić information content (AvgIpc) is 2.38. The van der Waals surface area contributed by atoms with Gasteiger partial charge in [0.25, 0.3) is 0 Å². The molecule has 1 saturated heterocycles. The topological polar surface area (TPSA) is 66.9 Å². The zero-order chi connectivity index (χ0) is 12.8. The van der Waals surface area contributed by atoms with Gasteiger partial charge in [-0.3, -0.25) is 4.79 Å². The van der Waals surface area contributed by atoms with Crippen LogP contribution in [0.3, 0.4) is 0 Å². The number of carbonyl (C=O) groups is 1. The maximum atomic E-state index is 11.7. The number of piperidine rings is 1. The molecule has 1 fully saturated rings. The van der Waals surface area contributed by atoms with E-state index in [1.807, 2.05) is 0 Å². The number of hydrogen-bond donors (Lipinski definition) is 2. The van der Waals surface area contributed by atoms with E-state index < -0.39 is 0 Å². The summed E-state index contributed by atoms with van der Waals surface area (Å²) < 4.78 is 0. The molecule has 98 valence electrons. The van der Waals surface area contributed by atoms with Crippen molar-refractivity contribution in [3.05, 3.63) is 17.5 Å². The summed E-state index contributed by atoms with van der Waals surface area (Å²) in [5.74, 6) is 0.853. The molecule has 1 aromatic heterocycles. The first kappa shape index (κ1) is 13.6. The van der Waals surface area contributed by atoms with Gasteiger partial charge < -0.3 is 10.6 Å². The fourth-order valence-corrected chi connectivity index (χ4v) is 2.91.